The van der Waals surface area contributed by atoms with E-state index in [0.717, 1.165) is 55.7 Å². The minimum absolute atomic E-state index is 0.904. The van der Waals surface area contributed by atoms with Crippen molar-refractivity contribution in [3.8, 4) is 44.5 Å². The van der Waals surface area contributed by atoms with Crippen LogP contribution < -0.4 is 4.90 Å². The van der Waals surface area contributed by atoms with E-state index in [4.69, 9.17) is 4.42 Å². The predicted octanol–water partition coefficient (Wildman–Crippen LogP) is 17.2. The molecule has 2 aromatic heterocycles. The number of furan rings is 1. The maximum atomic E-state index is 6.47. The highest BCUT2D eigenvalue weighted by molar-refractivity contribution is 7.25. The second kappa shape index (κ2) is 14.5. The summed E-state index contributed by atoms with van der Waals surface area (Å²) in [6.45, 7) is 0. The fourth-order valence-electron chi connectivity index (χ4n) is 9.14. The van der Waals surface area contributed by atoms with E-state index in [9.17, 15) is 0 Å². The number of hydrogen-bond acceptors (Lipinski definition) is 3. The third-order valence-electron chi connectivity index (χ3n) is 12.1. The van der Waals surface area contributed by atoms with Gasteiger partial charge in [0, 0.05) is 53.4 Å². The van der Waals surface area contributed by atoms with Crippen LogP contribution in [0.3, 0.4) is 0 Å². The van der Waals surface area contributed by atoms with E-state index >= 15 is 0 Å². The molecule has 12 rings (SSSR count). The average Bonchev–Trinajstić information content (AvgIpc) is 3.91. The van der Waals surface area contributed by atoms with Crippen LogP contribution in [0.4, 0.5) is 17.1 Å². The van der Waals surface area contributed by atoms with Crippen molar-refractivity contribution < 1.29 is 4.42 Å². The summed E-state index contributed by atoms with van der Waals surface area (Å²) in [5, 5.41) is 7.35. The van der Waals surface area contributed by atoms with Gasteiger partial charge in [-0.3, -0.25) is 0 Å². The van der Waals surface area contributed by atoms with Crippen LogP contribution in [0.25, 0.3) is 97.4 Å². The van der Waals surface area contributed by atoms with Crippen LogP contribution in [0, 0.1) is 0 Å². The first kappa shape index (κ1) is 35.2. The number of para-hydroxylation sites is 3. The van der Waals surface area contributed by atoms with Crippen LogP contribution in [0.5, 0.6) is 0 Å². The zero-order valence-corrected chi connectivity index (χ0v) is 33.9. The smallest absolute Gasteiger partial charge is 0.143 e. The van der Waals surface area contributed by atoms with Gasteiger partial charge in [-0.15, -0.1) is 11.3 Å². The van der Waals surface area contributed by atoms with Gasteiger partial charge in [-0.2, -0.15) is 0 Å². The second-order valence-corrected chi connectivity index (χ2v) is 16.7. The fraction of sp³-hybridized carbons (Fsp3) is 0. The number of benzene rings is 10. The van der Waals surface area contributed by atoms with E-state index in [0.29, 0.717) is 0 Å². The lowest BCUT2D eigenvalue weighted by Gasteiger charge is -2.28. The Bertz CT molecular complexity index is 3590. The lowest BCUT2D eigenvalue weighted by atomic mass is 9.96. The molecule has 0 amide bonds. The normalized spacial score (nSPS) is 11.6. The summed E-state index contributed by atoms with van der Waals surface area (Å²) in [4.78, 5) is 2.42. The quantitative estimate of drug-likeness (QED) is 0.160. The highest BCUT2D eigenvalue weighted by atomic mass is 32.1. The van der Waals surface area contributed by atoms with E-state index in [1.807, 2.05) is 23.5 Å². The van der Waals surface area contributed by atoms with E-state index < -0.39 is 0 Å². The Morgan fingerprint density at radius 3 is 1.82 bits per heavy atom. The topological polar surface area (TPSA) is 16.4 Å². The van der Waals surface area contributed by atoms with Crippen molar-refractivity contribution >= 4 is 81.3 Å². The standard InChI is InChI=1S/C58H37NOS/c1-2-13-42-36-44(31-30-38(42)12-1)40-28-26-39(27-29-40)43-14-9-15-46(37-43)59(45-34-32-41(33-35-45)47-19-10-21-51-49-17-4-7-23-54(49)60-58(47)51)53-22-6-3-16-48(53)50-20-11-25-56-57(50)52-18-5-8-24-55(52)61-56/h1-37H. The van der Waals surface area contributed by atoms with Crippen molar-refractivity contribution in [1.29, 1.82) is 0 Å². The summed E-state index contributed by atoms with van der Waals surface area (Å²) in [6.07, 6.45) is 0. The van der Waals surface area contributed by atoms with Crippen LogP contribution in [-0.4, -0.2) is 0 Å². The van der Waals surface area contributed by atoms with Crippen molar-refractivity contribution in [2.24, 2.45) is 0 Å². The molecule has 2 nitrogen and oxygen atoms in total. The van der Waals surface area contributed by atoms with Crippen LogP contribution >= 0.6 is 11.3 Å². The van der Waals surface area contributed by atoms with Crippen molar-refractivity contribution in [2.45, 2.75) is 0 Å². The zero-order chi connectivity index (χ0) is 40.3. The maximum Gasteiger partial charge on any atom is 0.143 e. The van der Waals surface area contributed by atoms with E-state index in [1.165, 1.54) is 58.8 Å². The fourth-order valence-corrected chi connectivity index (χ4v) is 10.3. The molecule has 286 valence electrons. The lowest BCUT2D eigenvalue weighted by molar-refractivity contribution is 0.670. The molecule has 2 heterocycles. The summed E-state index contributed by atoms with van der Waals surface area (Å²) in [5.41, 5.74) is 14.4. The summed E-state index contributed by atoms with van der Waals surface area (Å²) in [6, 6.07) is 81.2. The number of fused-ring (bicyclic) bond motifs is 7. The Morgan fingerprint density at radius 2 is 0.951 bits per heavy atom. The van der Waals surface area contributed by atoms with E-state index in [1.54, 1.807) is 0 Å². The number of rotatable bonds is 7. The molecule has 0 spiro atoms. The molecule has 0 aliphatic carbocycles. The monoisotopic (exact) mass is 795 g/mol. The molecule has 10 aromatic carbocycles. The molecule has 0 bridgehead atoms. The Hall–Kier alpha value is -7.72. The lowest BCUT2D eigenvalue weighted by Crippen LogP contribution is -2.11. The highest BCUT2D eigenvalue weighted by Gasteiger charge is 2.21. The highest BCUT2D eigenvalue weighted by Crippen LogP contribution is 2.47. The average molecular weight is 796 g/mol. The molecule has 61 heavy (non-hydrogen) atoms. The molecule has 0 atom stereocenters. The van der Waals surface area contributed by atoms with Crippen molar-refractivity contribution in [1.82, 2.24) is 0 Å². The van der Waals surface area contributed by atoms with Gasteiger partial charge in [-0.05, 0) is 98.8 Å². The number of anilines is 3. The SMILES string of the molecule is c1cc(-c2ccc(-c3ccc4ccccc4c3)cc2)cc(N(c2ccc(-c3cccc4c3oc3ccccc34)cc2)c2ccccc2-c2cccc3sc4ccccc4c23)c1. The molecule has 12 aromatic rings. The van der Waals surface area contributed by atoms with Gasteiger partial charge in [0.25, 0.3) is 0 Å². The predicted molar refractivity (Wildman–Crippen MR) is 261 cm³/mol. The van der Waals surface area contributed by atoms with Crippen LogP contribution in [0.2, 0.25) is 0 Å². The molecule has 0 N–H and O–H groups in total. The van der Waals surface area contributed by atoms with Crippen LogP contribution in [-0.2, 0) is 0 Å². The van der Waals surface area contributed by atoms with Gasteiger partial charge in [0.15, 0.2) is 0 Å². The Balaban J connectivity index is 0.993. The van der Waals surface area contributed by atoms with Crippen LogP contribution in [0.15, 0.2) is 229 Å². The molecule has 3 heteroatoms. The second-order valence-electron chi connectivity index (χ2n) is 15.6. The van der Waals surface area contributed by atoms with Gasteiger partial charge >= 0.3 is 0 Å². The van der Waals surface area contributed by atoms with Crippen LogP contribution in [0.1, 0.15) is 0 Å². The molecule has 0 fully saturated rings. The van der Waals surface area contributed by atoms with Crippen molar-refractivity contribution in [2.75, 3.05) is 4.90 Å². The van der Waals surface area contributed by atoms with Gasteiger partial charge in [-0.1, -0.05) is 170 Å². The minimum atomic E-state index is 0.904. The number of nitrogens with zero attached hydrogens (tertiary/aromatic N) is 1. The Kier molecular flexibility index (Phi) is 8.39. The Labute approximate surface area is 357 Å². The molecule has 0 aliphatic rings. The largest absolute Gasteiger partial charge is 0.455 e. The molecule has 0 unspecified atom stereocenters. The van der Waals surface area contributed by atoms with Gasteiger partial charge in [0.05, 0.1) is 5.69 Å². The first-order valence-electron chi connectivity index (χ1n) is 20.7. The minimum Gasteiger partial charge on any atom is -0.455 e. The number of thiophene rings is 1. The summed E-state index contributed by atoms with van der Waals surface area (Å²) < 4.78 is 9.06. The maximum absolute atomic E-state index is 6.47. The third-order valence-corrected chi connectivity index (χ3v) is 13.2. The first-order chi connectivity index (χ1) is 30.2. The van der Waals surface area contributed by atoms with Crippen molar-refractivity contribution in [3.05, 3.63) is 224 Å². The molecular formula is C58H37NOS. The number of hydrogen-bond donors (Lipinski definition) is 0. The summed E-state index contributed by atoms with van der Waals surface area (Å²) in [7, 11) is 0. The van der Waals surface area contributed by atoms with E-state index in [-0.39, 0.29) is 0 Å². The molecule has 0 saturated carbocycles. The van der Waals surface area contributed by atoms with Gasteiger partial charge < -0.3 is 9.32 Å². The van der Waals surface area contributed by atoms with Gasteiger partial charge in [0.1, 0.15) is 11.2 Å². The summed E-state index contributed by atoms with van der Waals surface area (Å²) >= 11 is 1.86. The molecule has 0 aliphatic heterocycles. The van der Waals surface area contributed by atoms with E-state index in [2.05, 4.69) is 217 Å². The third kappa shape index (κ3) is 6.09. The molecule has 0 saturated heterocycles. The zero-order valence-electron chi connectivity index (χ0n) is 33.1. The van der Waals surface area contributed by atoms with Gasteiger partial charge in [-0.25, -0.2) is 0 Å². The molecular weight excluding hydrogens is 759 g/mol. The summed E-state index contributed by atoms with van der Waals surface area (Å²) in [5.74, 6) is 0. The Morgan fingerprint density at radius 1 is 0.344 bits per heavy atom. The van der Waals surface area contributed by atoms with Gasteiger partial charge in [0.2, 0.25) is 0 Å². The first-order valence-corrected chi connectivity index (χ1v) is 21.6. The molecule has 0 radical (unpaired) electrons. The van der Waals surface area contributed by atoms with Crippen molar-refractivity contribution in [3.63, 3.8) is 0 Å².